The normalized spacial score (nSPS) is 15.3. The second kappa shape index (κ2) is 3.97. The summed E-state index contributed by atoms with van der Waals surface area (Å²) in [6.45, 7) is 1.65. The zero-order valence-corrected chi connectivity index (χ0v) is 6.90. The van der Waals surface area contributed by atoms with Gasteiger partial charge in [0.2, 0.25) is 9.04 Å². The topological polar surface area (TPSA) is 19.9 Å². The largest absolute Gasteiger partial charge is 0.388 e. The predicted molar refractivity (Wildman–Crippen MR) is 33.8 cm³/mol. The van der Waals surface area contributed by atoms with Crippen molar-refractivity contribution in [1.29, 1.82) is 0 Å². The van der Waals surface area contributed by atoms with Gasteiger partial charge in [-0.3, -0.25) is 0 Å². The molecule has 0 aromatic heterocycles. The van der Waals surface area contributed by atoms with Gasteiger partial charge in [0.25, 0.3) is 0 Å². The highest BCUT2D eigenvalue weighted by Crippen LogP contribution is 2.22. The Morgan fingerprint density at radius 2 is 1.90 bits per heavy atom. The van der Waals surface area contributed by atoms with Crippen molar-refractivity contribution in [2.24, 2.45) is 0 Å². The quantitative estimate of drug-likeness (QED) is 0.579. The van der Waals surface area contributed by atoms with Crippen molar-refractivity contribution in [2.75, 3.05) is 0 Å². The van der Waals surface area contributed by atoms with E-state index in [0.717, 1.165) is 0 Å². The summed E-state index contributed by atoms with van der Waals surface area (Å²) in [7, 11) is -2.25. The lowest BCUT2D eigenvalue weighted by molar-refractivity contribution is -0.131. The van der Waals surface area contributed by atoms with Gasteiger partial charge in [-0.25, -0.2) is 0 Å². The lowest BCUT2D eigenvalue weighted by Crippen LogP contribution is -2.14. The summed E-state index contributed by atoms with van der Waals surface area (Å²) in [6.07, 6.45) is -5.02. The van der Waals surface area contributed by atoms with Crippen molar-refractivity contribution in [3.05, 3.63) is 0 Å². The second-order valence-corrected chi connectivity index (χ2v) is 4.82. The molecule has 0 spiro atoms. The molecule has 0 rings (SSSR count). The van der Waals surface area contributed by atoms with E-state index >= 15 is 0 Å². The van der Waals surface area contributed by atoms with Gasteiger partial charge in [-0.1, -0.05) is 6.92 Å². The van der Waals surface area contributed by atoms with Crippen LogP contribution in [0.25, 0.3) is 0 Å². The first-order valence-corrected chi connectivity index (χ1v) is 5.28. The molecule has 0 aliphatic rings. The minimum Gasteiger partial charge on any atom is -0.302 e. The van der Waals surface area contributed by atoms with Crippen molar-refractivity contribution in [3.63, 3.8) is 0 Å². The SMILES string of the molecule is CC[SiH]([O])CCC(F)(F)F. The third kappa shape index (κ3) is 6.09. The first kappa shape index (κ1) is 9.97. The molecule has 0 N–H and O–H groups in total. The fraction of sp³-hybridized carbons (Fsp3) is 1.00. The first-order chi connectivity index (χ1) is 4.45. The summed E-state index contributed by atoms with van der Waals surface area (Å²) in [5.74, 6) is 0. The second-order valence-electron chi connectivity index (χ2n) is 2.18. The molecule has 1 radical (unpaired) electrons. The van der Waals surface area contributed by atoms with Crippen LogP contribution in [0.5, 0.6) is 0 Å². The molecule has 5 heteroatoms. The molecular formula is C5H10F3OSi. The van der Waals surface area contributed by atoms with Gasteiger partial charge in [-0.05, 0) is 12.1 Å². The zero-order valence-electron chi connectivity index (χ0n) is 5.74. The van der Waals surface area contributed by atoms with Crippen molar-refractivity contribution < 1.29 is 18.0 Å². The van der Waals surface area contributed by atoms with Crippen LogP contribution in [-0.2, 0) is 4.80 Å². The Labute approximate surface area is 59.6 Å². The van der Waals surface area contributed by atoms with Crippen molar-refractivity contribution in [1.82, 2.24) is 0 Å². The van der Waals surface area contributed by atoms with Gasteiger partial charge in [0, 0.05) is 6.42 Å². The van der Waals surface area contributed by atoms with Crippen LogP contribution in [0.3, 0.4) is 0 Å². The molecule has 1 atom stereocenters. The maximum atomic E-state index is 11.4. The van der Waals surface area contributed by atoms with Gasteiger partial charge in [-0.15, -0.1) is 0 Å². The molecule has 0 aromatic carbocycles. The van der Waals surface area contributed by atoms with Gasteiger partial charge in [-0.2, -0.15) is 13.2 Å². The molecule has 0 fully saturated rings. The zero-order chi connectivity index (χ0) is 8.20. The van der Waals surface area contributed by atoms with Crippen LogP contribution in [0.15, 0.2) is 0 Å². The van der Waals surface area contributed by atoms with Crippen molar-refractivity contribution >= 4 is 9.04 Å². The van der Waals surface area contributed by atoms with Crippen LogP contribution < -0.4 is 0 Å². The molecule has 10 heavy (non-hydrogen) atoms. The Balaban J connectivity index is 3.36. The Kier molecular flexibility index (Phi) is 3.96. The van der Waals surface area contributed by atoms with Gasteiger partial charge >= 0.3 is 6.18 Å². The molecule has 0 aliphatic heterocycles. The number of hydrogen-bond acceptors (Lipinski definition) is 0. The molecular weight excluding hydrogens is 161 g/mol. The molecule has 0 amide bonds. The van der Waals surface area contributed by atoms with Gasteiger partial charge in [0.1, 0.15) is 0 Å². The van der Waals surface area contributed by atoms with Gasteiger partial charge in [0.15, 0.2) is 0 Å². The number of halogens is 3. The average Bonchev–Trinajstić information content (AvgIpc) is 1.81. The minimum atomic E-state index is -4.13. The van der Waals surface area contributed by atoms with Crippen LogP contribution in [0, 0.1) is 0 Å². The van der Waals surface area contributed by atoms with Crippen molar-refractivity contribution in [2.45, 2.75) is 31.6 Å². The summed E-state index contributed by atoms with van der Waals surface area (Å²) in [6, 6.07) is 0.260. The van der Waals surface area contributed by atoms with E-state index in [1.165, 1.54) is 0 Å². The van der Waals surface area contributed by atoms with Crippen LogP contribution >= 0.6 is 0 Å². The van der Waals surface area contributed by atoms with Crippen LogP contribution in [0.4, 0.5) is 13.2 Å². The molecule has 61 valence electrons. The molecule has 1 unspecified atom stereocenters. The monoisotopic (exact) mass is 171 g/mol. The fourth-order valence-electron chi connectivity index (χ4n) is 0.529. The average molecular weight is 171 g/mol. The first-order valence-electron chi connectivity index (χ1n) is 3.18. The third-order valence-corrected chi connectivity index (χ3v) is 3.05. The van der Waals surface area contributed by atoms with Crippen LogP contribution in [0.1, 0.15) is 13.3 Å². The number of rotatable bonds is 3. The molecule has 0 saturated carbocycles. The summed E-state index contributed by atoms with van der Waals surface area (Å²) in [5.41, 5.74) is 0. The van der Waals surface area contributed by atoms with Crippen molar-refractivity contribution in [3.8, 4) is 0 Å². The van der Waals surface area contributed by atoms with E-state index in [-0.39, 0.29) is 6.04 Å². The van der Waals surface area contributed by atoms with Gasteiger partial charge in [0.05, 0.1) is 0 Å². The maximum Gasteiger partial charge on any atom is 0.388 e. The molecule has 1 nitrogen and oxygen atoms in total. The Morgan fingerprint density at radius 3 is 2.20 bits per heavy atom. The van der Waals surface area contributed by atoms with E-state index < -0.39 is 21.6 Å². The highest BCUT2D eigenvalue weighted by molar-refractivity contribution is 6.49. The minimum absolute atomic E-state index is 0.153. The van der Waals surface area contributed by atoms with E-state index in [9.17, 15) is 18.0 Å². The Bertz CT molecular complexity index is 93.4. The maximum absolute atomic E-state index is 11.4. The molecule has 0 bridgehead atoms. The van der Waals surface area contributed by atoms with Crippen LogP contribution in [0.2, 0.25) is 12.1 Å². The Morgan fingerprint density at radius 1 is 1.40 bits per heavy atom. The van der Waals surface area contributed by atoms with Crippen LogP contribution in [-0.4, -0.2) is 15.2 Å². The molecule has 0 aliphatic carbocycles. The van der Waals surface area contributed by atoms with E-state index in [0.29, 0.717) is 6.04 Å². The van der Waals surface area contributed by atoms with E-state index in [2.05, 4.69) is 0 Å². The summed E-state index contributed by atoms with van der Waals surface area (Å²) < 4.78 is 34.3. The smallest absolute Gasteiger partial charge is 0.302 e. The summed E-state index contributed by atoms with van der Waals surface area (Å²) in [5, 5.41) is 0. The molecule has 0 saturated heterocycles. The van der Waals surface area contributed by atoms with E-state index in [4.69, 9.17) is 0 Å². The predicted octanol–water partition coefficient (Wildman–Crippen LogP) is 2.11. The highest BCUT2D eigenvalue weighted by atomic mass is 28.3. The number of alkyl halides is 3. The Hall–Kier alpha value is -0.0331. The van der Waals surface area contributed by atoms with E-state index in [1.54, 1.807) is 6.92 Å². The standard InChI is InChI=1S/C5H10F3OSi/c1-2-10(9)4-3-5(6,7)8/h10H,2-4H2,1H3. The van der Waals surface area contributed by atoms with E-state index in [1.807, 2.05) is 0 Å². The fourth-order valence-corrected chi connectivity index (χ4v) is 1.59. The molecule has 0 aromatic rings. The highest BCUT2D eigenvalue weighted by Gasteiger charge is 2.28. The lowest BCUT2D eigenvalue weighted by atomic mass is 10.5. The third-order valence-electron chi connectivity index (χ3n) is 1.21. The summed E-state index contributed by atoms with van der Waals surface area (Å²) in [4.78, 5) is 10.6. The lowest BCUT2D eigenvalue weighted by Gasteiger charge is -2.06. The van der Waals surface area contributed by atoms with Gasteiger partial charge < -0.3 is 4.80 Å². The summed E-state index contributed by atoms with van der Waals surface area (Å²) >= 11 is 0. The number of hydrogen-bond donors (Lipinski definition) is 0. The molecule has 0 heterocycles.